The predicted octanol–water partition coefficient (Wildman–Crippen LogP) is 7.70. The largest absolute Gasteiger partial charge is 0.448 e. The van der Waals surface area contributed by atoms with Crippen LogP contribution in [0.5, 0.6) is 0 Å². The molecule has 44 heavy (non-hydrogen) atoms. The van der Waals surface area contributed by atoms with Gasteiger partial charge in [-0.1, -0.05) is 84.9 Å². The first kappa shape index (κ1) is 38.5. The minimum absolute atomic E-state index is 0. The third kappa shape index (κ3) is 14.8. The zero-order chi connectivity index (χ0) is 30.4. The van der Waals surface area contributed by atoms with Gasteiger partial charge in [0.2, 0.25) is 5.84 Å². The van der Waals surface area contributed by atoms with Crippen LogP contribution in [0, 0.1) is 0 Å². The van der Waals surface area contributed by atoms with Crippen LogP contribution in [0.15, 0.2) is 114 Å². The van der Waals surface area contributed by atoms with Crippen LogP contribution in [0.2, 0.25) is 0 Å². The van der Waals surface area contributed by atoms with Crippen LogP contribution in [-0.2, 0) is 25.9 Å². The van der Waals surface area contributed by atoms with E-state index < -0.39 is 12.0 Å². The van der Waals surface area contributed by atoms with E-state index in [0.717, 1.165) is 50.3 Å². The second-order valence-corrected chi connectivity index (χ2v) is 10.3. The summed E-state index contributed by atoms with van der Waals surface area (Å²) >= 11 is 0. The Balaban J connectivity index is 0.000000436. The summed E-state index contributed by atoms with van der Waals surface area (Å²) in [5, 5.41) is 0. The van der Waals surface area contributed by atoms with E-state index in [2.05, 4.69) is 76.4 Å². The van der Waals surface area contributed by atoms with Gasteiger partial charge in [-0.15, -0.1) is 24.8 Å². The molecule has 0 radical (unpaired) electrons. The molecule has 0 amide bonds. The Labute approximate surface area is 271 Å². The highest BCUT2D eigenvalue weighted by molar-refractivity contribution is 5.88. The van der Waals surface area contributed by atoms with Crippen LogP contribution in [0.1, 0.15) is 22.3 Å². The maximum absolute atomic E-state index is 12.3. The maximum Gasteiger partial charge on any atom is 0.448 e. The second-order valence-electron chi connectivity index (χ2n) is 10.3. The number of hydrogen-bond acceptors (Lipinski definition) is 4. The molecular weight excluding hydrogens is 606 g/mol. The molecule has 0 spiro atoms. The van der Waals surface area contributed by atoms with Gasteiger partial charge in [0.05, 0.1) is 5.69 Å². The lowest BCUT2D eigenvalue weighted by molar-refractivity contribution is -0.0597. The number of nitrogens with zero attached hydrogens (tertiary/aromatic N) is 3. The van der Waals surface area contributed by atoms with Gasteiger partial charge in [0.15, 0.2) is 0 Å². The van der Waals surface area contributed by atoms with E-state index in [1.807, 2.05) is 37.4 Å². The Bertz CT molecular complexity index is 1350. The predicted molar refractivity (Wildman–Crippen MR) is 182 cm³/mol. The van der Waals surface area contributed by atoms with E-state index in [4.69, 9.17) is 11.5 Å². The van der Waals surface area contributed by atoms with Gasteiger partial charge < -0.3 is 21.3 Å². The number of nitrogens with two attached hydrogens (primary N) is 2. The Morgan fingerprint density at radius 3 is 1.39 bits per heavy atom. The van der Waals surface area contributed by atoms with Crippen molar-refractivity contribution in [1.29, 1.82) is 0 Å². The Kier molecular flexibility index (Phi) is 17.2. The Morgan fingerprint density at radius 1 is 0.614 bits per heavy atom. The topological polar surface area (TPSA) is 70.9 Å². The van der Waals surface area contributed by atoms with Crippen LogP contribution in [0.4, 0.5) is 24.5 Å². The van der Waals surface area contributed by atoms with Crippen LogP contribution in [0.25, 0.3) is 0 Å². The average molecular weight is 649 g/mol. The summed E-state index contributed by atoms with van der Waals surface area (Å²) in [5.41, 5.74) is 16.6. The van der Waals surface area contributed by atoms with Crippen LogP contribution >= 0.6 is 24.8 Å². The summed E-state index contributed by atoms with van der Waals surface area (Å²) in [7, 11) is 4.19. The molecule has 0 aromatic heterocycles. The SMILES string of the molecule is CN(CCc1ccc(N)cc1)Cc1ccccc1.CN(CCc1ccc(N=C(N)C(F)(F)F)cc1)Cc1ccccc1.Cl.Cl. The highest BCUT2D eigenvalue weighted by Gasteiger charge is 2.33. The van der Waals surface area contributed by atoms with Crippen molar-refractivity contribution in [2.45, 2.75) is 32.1 Å². The first-order valence-corrected chi connectivity index (χ1v) is 13.9. The molecule has 4 rings (SSSR count). The van der Waals surface area contributed by atoms with Crippen molar-refractivity contribution in [1.82, 2.24) is 9.80 Å². The highest BCUT2D eigenvalue weighted by Crippen LogP contribution is 2.20. The van der Waals surface area contributed by atoms with E-state index in [1.54, 1.807) is 24.3 Å². The third-order valence-corrected chi connectivity index (χ3v) is 6.61. The van der Waals surface area contributed by atoms with Gasteiger partial charge >= 0.3 is 6.18 Å². The van der Waals surface area contributed by atoms with Crippen LogP contribution in [0.3, 0.4) is 0 Å². The highest BCUT2D eigenvalue weighted by atomic mass is 35.5. The van der Waals surface area contributed by atoms with Gasteiger partial charge in [-0.2, -0.15) is 13.2 Å². The fraction of sp³-hybridized carbons (Fsp3) is 0.265. The van der Waals surface area contributed by atoms with Crippen molar-refractivity contribution in [3.05, 3.63) is 131 Å². The molecule has 0 fully saturated rings. The maximum atomic E-state index is 12.3. The van der Waals surface area contributed by atoms with Gasteiger partial charge in [0.1, 0.15) is 0 Å². The molecule has 4 aromatic rings. The summed E-state index contributed by atoms with van der Waals surface area (Å²) in [6.45, 7) is 3.75. The number of anilines is 1. The lowest BCUT2D eigenvalue weighted by atomic mass is 10.1. The van der Waals surface area contributed by atoms with E-state index >= 15 is 0 Å². The molecule has 0 bridgehead atoms. The first-order valence-electron chi connectivity index (χ1n) is 13.9. The molecular formula is C34H42Cl2F3N5. The monoisotopic (exact) mass is 647 g/mol. The molecule has 0 aliphatic heterocycles. The summed E-state index contributed by atoms with van der Waals surface area (Å²) < 4.78 is 37.0. The normalized spacial score (nSPS) is 11.3. The fourth-order valence-electron chi connectivity index (χ4n) is 4.21. The molecule has 10 heteroatoms. The molecule has 0 aliphatic rings. The number of alkyl halides is 3. The standard InChI is InChI=1S/C18H20F3N3.C16H20N2.2ClH/c1-24(13-15-5-3-2-4-6-15)12-11-14-7-9-16(10-8-14)23-17(22)18(19,20)21;1-18(13-15-5-3-2-4-6-15)12-11-14-7-9-16(17)10-8-14;;/h2-10H,11-13H2,1H3,(H2,22,23);2-10H,11-13,17H2,1H3;2*1H. The number of likely N-dealkylation sites (N-methyl/N-ethyl adjacent to an activating group) is 2. The molecule has 0 atom stereocenters. The van der Waals surface area contributed by atoms with Gasteiger partial charge in [-0.05, 0) is 73.5 Å². The molecule has 238 valence electrons. The number of hydrogen-bond donors (Lipinski definition) is 2. The molecule has 4 N–H and O–H groups in total. The number of nitrogen functional groups attached to an aromatic ring is 1. The smallest absolute Gasteiger partial charge is 0.399 e. The molecule has 0 aliphatic carbocycles. The lowest BCUT2D eigenvalue weighted by Gasteiger charge is -2.16. The number of rotatable bonds is 11. The van der Waals surface area contributed by atoms with Crippen molar-refractivity contribution < 1.29 is 13.2 Å². The molecule has 5 nitrogen and oxygen atoms in total. The van der Waals surface area contributed by atoms with Crippen molar-refractivity contribution >= 4 is 42.0 Å². The minimum Gasteiger partial charge on any atom is -0.399 e. The summed E-state index contributed by atoms with van der Waals surface area (Å²) in [6, 6.07) is 35.5. The number of amidine groups is 1. The molecule has 0 heterocycles. The molecule has 0 saturated carbocycles. The second kappa shape index (κ2) is 19.7. The molecule has 0 unspecified atom stereocenters. The van der Waals surface area contributed by atoms with Crippen molar-refractivity contribution in [3.63, 3.8) is 0 Å². The number of halogens is 5. The van der Waals surface area contributed by atoms with Crippen LogP contribution < -0.4 is 11.5 Å². The van der Waals surface area contributed by atoms with E-state index in [1.165, 1.54) is 16.7 Å². The summed E-state index contributed by atoms with van der Waals surface area (Å²) in [6.07, 6.45) is -2.73. The average Bonchev–Trinajstić information content (AvgIpc) is 2.97. The Hall–Kier alpha value is -3.56. The van der Waals surface area contributed by atoms with Gasteiger partial charge in [0, 0.05) is 31.9 Å². The third-order valence-electron chi connectivity index (χ3n) is 6.61. The van der Waals surface area contributed by atoms with E-state index in [9.17, 15) is 13.2 Å². The lowest BCUT2D eigenvalue weighted by Crippen LogP contribution is -2.30. The molecule has 4 aromatic carbocycles. The zero-order valence-corrected chi connectivity index (χ0v) is 26.7. The summed E-state index contributed by atoms with van der Waals surface area (Å²) in [5.74, 6) is -1.34. The fourth-order valence-corrected chi connectivity index (χ4v) is 4.21. The van der Waals surface area contributed by atoms with Crippen molar-refractivity contribution in [2.24, 2.45) is 10.7 Å². The Morgan fingerprint density at radius 2 is 1.00 bits per heavy atom. The van der Waals surface area contributed by atoms with Gasteiger partial charge in [-0.3, -0.25) is 0 Å². The van der Waals surface area contributed by atoms with E-state index in [-0.39, 0.29) is 30.5 Å². The number of benzene rings is 4. The van der Waals surface area contributed by atoms with Gasteiger partial charge in [-0.25, -0.2) is 4.99 Å². The van der Waals surface area contributed by atoms with Gasteiger partial charge in [0.25, 0.3) is 0 Å². The quantitative estimate of drug-likeness (QED) is 0.0994. The van der Waals surface area contributed by atoms with Crippen LogP contribution in [-0.4, -0.2) is 49.0 Å². The van der Waals surface area contributed by atoms with Crippen molar-refractivity contribution in [3.8, 4) is 0 Å². The first-order chi connectivity index (χ1) is 20.1. The molecule has 0 saturated heterocycles. The number of aliphatic imine (C=N–C) groups is 1. The summed E-state index contributed by atoms with van der Waals surface area (Å²) in [4.78, 5) is 7.92. The van der Waals surface area contributed by atoms with E-state index in [0.29, 0.717) is 0 Å². The minimum atomic E-state index is -4.60. The van der Waals surface area contributed by atoms with Crippen molar-refractivity contribution in [2.75, 3.05) is 32.9 Å². The zero-order valence-electron chi connectivity index (χ0n) is 25.1.